The van der Waals surface area contributed by atoms with Crippen molar-refractivity contribution in [2.75, 3.05) is 0 Å². The minimum Gasteiger partial charge on any atom is -0.294 e. The third-order valence-electron chi connectivity index (χ3n) is 2.72. The van der Waals surface area contributed by atoms with Crippen molar-refractivity contribution in [2.24, 2.45) is 0 Å². The maximum atomic E-state index is 13.7. The van der Waals surface area contributed by atoms with Crippen molar-refractivity contribution in [1.29, 1.82) is 0 Å². The van der Waals surface area contributed by atoms with Gasteiger partial charge in [-0.3, -0.25) is 4.79 Å². The Morgan fingerprint density at radius 2 is 1.80 bits per heavy atom. The Morgan fingerprint density at radius 1 is 1.10 bits per heavy atom. The monoisotopic (exact) mass is 362 g/mol. The van der Waals surface area contributed by atoms with Gasteiger partial charge in [0.2, 0.25) is 0 Å². The van der Waals surface area contributed by atoms with Gasteiger partial charge in [0.1, 0.15) is 17.5 Å². The fourth-order valence-electron chi connectivity index (χ4n) is 1.66. The van der Waals surface area contributed by atoms with Gasteiger partial charge < -0.3 is 0 Å². The molecule has 104 valence electrons. The molecule has 2 aromatic rings. The first-order valence-corrected chi connectivity index (χ1v) is 6.68. The number of Topliss-reactive ketones (excluding diaryl/α,β-unsaturated/α-hetero) is 1. The number of hydrogen-bond acceptors (Lipinski definition) is 1. The zero-order valence-electron chi connectivity index (χ0n) is 9.89. The predicted octanol–water partition coefficient (Wildman–Crippen LogP) is 4.95. The lowest BCUT2D eigenvalue weighted by Crippen LogP contribution is -2.08. The van der Waals surface area contributed by atoms with Crippen LogP contribution in [0.15, 0.2) is 34.8 Å². The molecule has 0 fully saturated rings. The average molecular weight is 364 g/mol. The Kier molecular flexibility index (Phi) is 4.50. The van der Waals surface area contributed by atoms with Crippen LogP contribution in [0.1, 0.15) is 15.9 Å². The van der Waals surface area contributed by atoms with Crippen molar-refractivity contribution < 1.29 is 18.0 Å². The highest BCUT2D eigenvalue weighted by atomic mass is 79.9. The van der Waals surface area contributed by atoms with Crippen molar-refractivity contribution in [3.05, 3.63) is 68.4 Å². The Morgan fingerprint density at radius 3 is 2.45 bits per heavy atom. The quantitative estimate of drug-likeness (QED) is 0.557. The van der Waals surface area contributed by atoms with Gasteiger partial charge in [0.05, 0.1) is 9.50 Å². The van der Waals surface area contributed by atoms with Crippen LogP contribution in [0.5, 0.6) is 0 Å². The predicted molar refractivity (Wildman–Crippen MR) is 73.5 cm³/mol. The van der Waals surface area contributed by atoms with Crippen LogP contribution in [-0.2, 0) is 6.42 Å². The summed E-state index contributed by atoms with van der Waals surface area (Å²) >= 11 is 8.42. The number of hydrogen-bond donors (Lipinski definition) is 0. The Balaban J connectivity index is 2.32. The number of benzene rings is 2. The Labute approximate surface area is 126 Å². The summed E-state index contributed by atoms with van der Waals surface area (Å²) in [4.78, 5) is 11.9. The van der Waals surface area contributed by atoms with Gasteiger partial charge in [0.15, 0.2) is 5.78 Å². The first-order valence-electron chi connectivity index (χ1n) is 5.50. The normalized spacial score (nSPS) is 10.7. The van der Waals surface area contributed by atoms with Gasteiger partial charge in [0.25, 0.3) is 0 Å². The second-order valence-corrected chi connectivity index (χ2v) is 5.31. The number of halogens is 5. The van der Waals surface area contributed by atoms with Crippen molar-refractivity contribution in [3.63, 3.8) is 0 Å². The molecule has 0 spiro atoms. The van der Waals surface area contributed by atoms with Crippen molar-refractivity contribution in [1.82, 2.24) is 0 Å². The topological polar surface area (TPSA) is 17.1 Å². The zero-order valence-corrected chi connectivity index (χ0v) is 12.2. The van der Waals surface area contributed by atoms with Gasteiger partial charge in [-0.05, 0) is 46.3 Å². The molecule has 0 bridgehead atoms. The largest absolute Gasteiger partial charge is 0.294 e. The van der Waals surface area contributed by atoms with Crippen LogP contribution >= 0.6 is 27.5 Å². The van der Waals surface area contributed by atoms with Crippen molar-refractivity contribution in [2.45, 2.75) is 6.42 Å². The molecule has 0 atom stereocenters. The Hall–Kier alpha value is -1.33. The van der Waals surface area contributed by atoms with Crippen molar-refractivity contribution >= 4 is 33.3 Å². The van der Waals surface area contributed by atoms with Crippen LogP contribution in [0.4, 0.5) is 13.2 Å². The molecule has 2 aromatic carbocycles. The van der Waals surface area contributed by atoms with Crippen LogP contribution in [0.2, 0.25) is 5.02 Å². The molecule has 0 amide bonds. The lowest BCUT2D eigenvalue weighted by molar-refractivity contribution is 0.0990. The summed E-state index contributed by atoms with van der Waals surface area (Å²) in [5.74, 6) is -3.02. The molecule has 0 aliphatic heterocycles. The fraction of sp³-hybridized carbons (Fsp3) is 0.0714. The second kappa shape index (κ2) is 5.97. The van der Waals surface area contributed by atoms with Gasteiger partial charge >= 0.3 is 0 Å². The highest BCUT2D eigenvalue weighted by Gasteiger charge is 2.17. The number of carbonyl (C=O) groups is 1. The molecule has 0 aliphatic carbocycles. The van der Waals surface area contributed by atoms with Gasteiger partial charge in [-0.2, -0.15) is 0 Å². The minimum atomic E-state index is -0.840. The van der Waals surface area contributed by atoms with E-state index in [-0.39, 0.29) is 20.6 Å². The Bertz CT molecular complexity index is 688. The first-order chi connectivity index (χ1) is 9.40. The standard InChI is InChI=1S/C14H7BrClF3O/c15-9-2-4-11(17)8(14(9)19)6-13(20)7-1-3-10(16)12(18)5-7/h1-5H,6H2. The number of carbonyl (C=O) groups excluding carboxylic acids is 1. The molecule has 0 N–H and O–H groups in total. The van der Waals surface area contributed by atoms with Crippen LogP contribution in [0, 0.1) is 17.5 Å². The van der Waals surface area contributed by atoms with E-state index in [4.69, 9.17) is 11.6 Å². The molecule has 0 aliphatic rings. The summed E-state index contributed by atoms with van der Waals surface area (Å²) in [7, 11) is 0. The molecule has 6 heteroatoms. The molecule has 0 unspecified atom stereocenters. The zero-order chi connectivity index (χ0) is 14.9. The molecule has 0 saturated heterocycles. The van der Waals surface area contributed by atoms with Crippen LogP contribution < -0.4 is 0 Å². The van der Waals surface area contributed by atoms with E-state index >= 15 is 0 Å². The molecule has 0 aromatic heterocycles. The third-order valence-corrected chi connectivity index (χ3v) is 3.64. The average Bonchev–Trinajstić information content (AvgIpc) is 2.42. The third kappa shape index (κ3) is 3.04. The van der Waals surface area contributed by atoms with Gasteiger partial charge in [-0.25, -0.2) is 13.2 Å². The second-order valence-electron chi connectivity index (χ2n) is 4.05. The molecular formula is C14H7BrClF3O. The summed E-state index contributed by atoms with van der Waals surface area (Å²) in [5, 5.41) is -0.124. The van der Waals surface area contributed by atoms with E-state index in [1.807, 2.05) is 0 Å². The van der Waals surface area contributed by atoms with Crippen molar-refractivity contribution in [3.8, 4) is 0 Å². The summed E-state index contributed by atoms with van der Waals surface area (Å²) in [5.41, 5.74) is -0.356. The van der Waals surface area contributed by atoms with Gasteiger partial charge in [-0.15, -0.1) is 0 Å². The lowest BCUT2D eigenvalue weighted by atomic mass is 10.0. The molecule has 0 saturated carbocycles. The summed E-state index contributed by atoms with van der Waals surface area (Å²) < 4.78 is 40.6. The summed E-state index contributed by atoms with van der Waals surface area (Å²) in [6.45, 7) is 0. The molecule has 0 radical (unpaired) electrons. The fourth-order valence-corrected chi connectivity index (χ4v) is 2.15. The highest BCUT2D eigenvalue weighted by molar-refractivity contribution is 9.10. The van der Waals surface area contributed by atoms with E-state index < -0.39 is 29.7 Å². The highest BCUT2D eigenvalue weighted by Crippen LogP contribution is 2.23. The molecule has 1 nitrogen and oxygen atoms in total. The lowest BCUT2D eigenvalue weighted by Gasteiger charge is -2.06. The number of ketones is 1. The van der Waals surface area contributed by atoms with E-state index in [0.717, 1.165) is 12.1 Å². The van der Waals surface area contributed by atoms with E-state index in [0.29, 0.717) is 0 Å². The maximum Gasteiger partial charge on any atom is 0.167 e. The summed E-state index contributed by atoms with van der Waals surface area (Å²) in [6, 6.07) is 5.73. The van der Waals surface area contributed by atoms with E-state index in [9.17, 15) is 18.0 Å². The molecular weight excluding hydrogens is 357 g/mol. The van der Waals surface area contributed by atoms with E-state index in [1.54, 1.807) is 0 Å². The van der Waals surface area contributed by atoms with Gasteiger partial charge in [-0.1, -0.05) is 11.6 Å². The smallest absolute Gasteiger partial charge is 0.167 e. The SMILES string of the molecule is O=C(Cc1c(F)ccc(Br)c1F)c1ccc(Cl)c(F)c1. The molecule has 0 heterocycles. The van der Waals surface area contributed by atoms with Crippen LogP contribution in [-0.4, -0.2) is 5.78 Å². The van der Waals surface area contributed by atoms with Crippen LogP contribution in [0.3, 0.4) is 0 Å². The first kappa shape index (κ1) is 15.1. The number of rotatable bonds is 3. The maximum absolute atomic E-state index is 13.7. The van der Waals surface area contributed by atoms with E-state index in [2.05, 4.69) is 15.9 Å². The van der Waals surface area contributed by atoms with E-state index in [1.165, 1.54) is 18.2 Å². The molecule has 20 heavy (non-hydrogen) atoms. The molecule has 2 rings (SSSR count). The summed E-state index contributed by atoms with van der Waals surface area (Å²) in [6.07, 6.45) is -0.502. The van der Waals surface area contributed by atoms with Gasteiger partial charge in [0, 0.05) is 17.5 Å². The van der Waals surface area contributed by atoms with Crippen LogP contribution in [0.25, 0.3) is 0 Å². The minimum absolute atomic E-state index is 0.00526.